The molecule has 0 aromatic heterocycles. The predicted molar refractivity (Wildman–Crippen MR) is 89.2 cm³/mol. The van der Waals surface area contributed by atoms with Crippen molar-refractivity contribution in [3.8, 4) is 11.5 Å². The standard InChI is InChI=1S/C16H22N4O5/c1-22-11-6-5-10(13(7-11)23-2)9-20-12(8-14(24-3)25-4)15(16(20)21)18-19-17/h5-7,12,14-15H,8-9H2,1-4H3. The van der Waals surface area contributed by atoms with Crippen molar-refractivity contribution < 1.29 is 23.7 Å². The van der Waals surface area contributed by atoms with Crippen molar-refractivity contribution in [3.63, 3.8) is 0 Å². The highest BCUT2D eigenvalue weighted by Crippen LogP contribution is 2.33. The molecule has 1 heterocycles. The SMILES string of the molecule is COc1ccc(CN2C(=O)C(N=[N+]=[N-])C2CC(OC)OC)c(OC)c1. The van der Waals surface area contributed by atoms with E-state index in [0.717, 1.165) is 5.56 Å². The molecule has 25 heavy (non-hydrogen) atoms. The highest BCUT2D eigenvalue weighted by atomic mass is 16.7. The van der Waals surface area contributed by atoms with E-state index < -0.39 is 12.3 Å². The topological polar surface area (TPSA) is 106 Å². The summed E-state index contributed by atoms with van der Waals surface area (Å²) < 4.78 is 21.0. The van der Waals surface area contributed by atoms with Crippen LogP contribution in [0.15, 0.2) is 23.3 Å². The van der Waals surface area contributed by atoms with Crippen LogP contribution in [0.2, 0.25) is 0 Å². The lowest BCUT2D eigenvalue weighted by molar-refractivity contribution is -0.162. The third-order valence-corrected chi connectivity index (χ3v) is 4.27. The molecule has 2 rings (SSSR count). The minimum Gasteiger partial charge on any atom is -0.497 e. The summed E-state index contributed by atoms with van der Waals surface area (Å²) >= 11 is 0. The highest BCUT2D eigenvalue weighted by molar-refractivity contribution is 5.89. The van der Waals surface area contributed by atoms with Crippen molar-refractivity contribution in [2.24, 2.45) is 5.11 Å². The first-order valence-electron chi connectivity index (χ1n) is 7.70. The number of hydrogen-bond acceptors (Lipinski definition) is 6. The van der Waals surface area contributed by atoms with Gasteiger partial charge in [-0.25, -0.2) is 0 Å². The Bertz CT molecular complexity index is 658. The van der Waals surface area contributed by atoms with Gasteiger partial charge >= 0.3 is 0 Å². The number of methoxy groups -OCH3 is 4. The number of carbonyl (C=O) groups excluding carboxylic acids is 1. The highest BCUT2D eigenvalue weighted by Gasteiger charge is 2.47. The van der Waals surface area contributed by atoms with Crippen molar-refractivity contribution in [3.05, 3.63) is 34.2 Å². The van der Waals surface area contributed by atoms with Gasteiger partial charge in [0.15, 0.2) is 6.29 Å². The normalized spacial score (nSPS) is 19.4. The van der Waals surface area contributed by atoms with Crippen LogP contribution in [0.5, 0.6) is 11.5 Å². The molecule has 2 atom stereocenters. The average Bonchev–Trinajstić information content (AvgIpc) is 2.66. The summed E-state index contributed by atoms with van der Waals surface area (Å²) in [5.74, 6) is 1.05. The molecule has 2 unspecified atom stereocenters. The first-order chi connectivity index (χ1) is 12.1. The Morgan fingerprint density at radius 2 is 1.96 bits per heavy atom. The number of carbonyl (C=O) groups is 1. The van der Waals surface area contributed by atoms with Gasteiger partial charge in [-0.05, 0) is 17.7 Å². The summed E-state index contributed by atoms with van der Waals surface area (Å²) in [5.41, 5.74) is 9.52. The van der Waals surface area contributed by atoms with Crippen LogP contribution in [0, 0.1) is 0 Å². The van der Waals surface area contributed by atoms with Crippen molar-refractivity contribution in [2.45, 2.75) is 31.3 Å². The average molecular weight is 350 g/mol. The second kappa shape index (κ2) is 8.57. The van der Waals surface area contributed by atoms with Crippen LogP contribution in [0.3, 0.4) is 0 Å². The first kappa shape index (κ1) is 18.9. The number of β-lactam (4-membered cyclic amide) rings is 1. The summed E-state index contributed by atoms with van der Waals surface area (Å²) in [6.07, 6.45) is -0.0873. The number of ether oxygens (including phenoxy) is 4. The Kier molecular flexibility index (Phi) is 6.46. The summed E-state index contributed by atoms with van der Waals surface area (Å²) in [4.78, 5) is 16.8. The Balaban J connectivity index is 2.21. The molecule has 0 N–H and O–H groups in total. The van der Waals surface area contributed by atoms with Crippen LogP contribution >= 0.6 is 0 Å². The quantitative estimate of drug-likeness (QED) is 0.223. The van der Waals surface area contributed by atoms with Crippen LogP contribution in [-0.2, 0) is 20.8 Å². The van der Waals surface area contributed by atoms with E-state index in [1.807, 2.05) is 6.07 Å². The van der Waals surface area contributed by atoms with E-state index in [2.05, 4.69) is 10.0 Å². The van der Waals surface area contributed by atoms with E-state index in [4.69, 9.17) is 24.5 Å². The number of benzene rings is 1. The first-order valence-corrected chi connectivity index (χ1v) is 7.70. The van der Waals surface area contributed by atoms with Crippen molar-refractivity contribution in [1.82, 2.24) is 4.90 Å². The molecule has 1 amide bonds. The summed E-state index contributed by atoms with van der Waals surface area (Å²) in [5, 5.41) is 3.60. The monoisotopic (exact) mass is 350 g/mol. The lowest BCUT2D eigenvalue weighted by Crippen LogP contribution is -2.64. The van der Waals surface area contributed by atoms with Crippen LogP contribution in [0.25, 0.3) is 10.4 Å². The second-order valence-electron chi connectivity index (χ2n) is 5.50. The maximum absolute atomic E-state index is 12.4. The number of hydrogen-bond donors (Lipinski definition) is 0. The summed E-state index contributed by atoms with van der Waals surface area (Å²) in [6.45, 7) is 0.328. The zero-order chi connectivity index (χ0) is 18.4. The largest absolute Gasteiger partial charge is 0.497 e. The predicted octanol–water partition coefficient (Wildman–Crippen LogP) is 2.10. The smallest absolute Gasteiger partial charge is 0.234 e. The summed E-state index contributed by atoms with van der Waals surface area (Å²) in [7, 11) is 6.17. The van der Waals surface area contributed by atoms with Crippen LogP contribution in [-0.4, -0.2) is 57.6 Å². The third kappa shape index (κ3) is 3.96. The van der Waals surface area contributed by atoms with Gasteiger partial charge < -0.3 is 23.8 Å². The molecule has 0 saturated carbocycles. The third-order valence-electron chi connectivity index (χ3n) is 4.27. The van der Waals surface area contributed by atoms with E-state index in [1.165, 1.54) is 14.2 Å². The molecule has 1 aromatic rings. The Morgan fingerprint density at radius 1 is 1.24 bits per heavy atom. The van der Waals surface area contributed by atoms with Gasteiger partial charge in [-0.3, -0.25) is 4.79 Å². The molecule has 136 valence electrons. The molecule has 9 nitrogen and oxygen atoms in total. The number of amides is 1. The molecule has 9 heteroatoms. The van der Waals surface area contributed by atoms with Gasteiger partial charge in [0.1, 0.15) is 17.5 Å². The number of nitrogens with zero attached hydrogens (tertiary/aromatic N) is 4. The van der Waals surface area contributed by atoms with Crippen molar-refractivity contribution in [1.29, 1.82) is 0 Å². The van der Waals surface area contributed by atoms with Gasteiger partial charge in [-0.1, -0.05) is 5.11 Å². The maximum atomic E-state index is 12.4. The zero-order valence-electron chi connectivity index (χ0n) is 14.7. The fourth-order valence-corrected chi connectivity index (χ4v) is 2.87. The number of azide groups is 1. The Morgan fingerprint density at radius 3 is 2.52 bits per heavy atom. The van der Waals surface area contributed by atoms with E-state index in [0.29, 0.717) is 24.5 Å². The molecule has 1 aliphatic heterocycles. The van der Waals surface area contributed by atoms with E-state index in [1.54, 1.807) is 31.3 Å². The van der Waals surface area contributed by atoms with Gasteiger partial charge in [-0.15, -0.1) is 0 Å². The molecular weight excluding hydrogens is 328 g/mol. The molecule has 1 saturated heterocycles. The Labute approximate surface area is 146 Å². The van der Waals surface area contributed by atoms with Gasteiger partial charge in [0.25, 0.3) is 0 Å². The van der Waals surface area contributed by atoms with Gasteiger partial charge in [0.2, 0.25) is 5.91 Å². The molecule has 1 fully saturated rings. The fourth-order valence-electron chi connectivity index (χ4n) is 2.87. The maximum Gasteiger partial charge on any atom is 0.234 e. The molecule has 0 spiro atoms. The van der Waals surface area contributed by atoms with E-state index >= 15 is 0 Å². The number of rotatable bonds is 9. The molecule has 0 aliphatic carbocycles. The lowest BCUT2D eigenvalue weighted by atomic mass is 9.91. The fraction of sp³-hybridized carbons (Fsp3) is 0.562. The van der Waals surface area contributed by atoms with Gasteiger partial charge in [-0.2, -0.15) is 0 Å². The summed E-state index contributed by atoms with van der Waals surface area (Å²) in [6, 6.07) is 4.34. The minimum absolute atomic E-state index is 0.230. The molecule has 0 radical (unpaired) electrons. The Hall–Kier alpha value is -2.48. The van der Waals surface area contributed by atoms with E-state index in [-0.39, 0.29) is 11.9 Å². The van der Waals surface area contributed by atoms with Crippen LogP contribution in [0.4, 0.5) is 0 Å². The molecule has 1 aromatic carbocycles. The van der Waals surface area contributed by atoms with Crippen molar-refractivity contribution >= 4 is 5.91 Å². The zero-order valence-corrected chi connectivity index (χ0v) is 14.7. The van der Waals surface area contributed by atoms with Crippen LogP contribution in [0.1, 0.15) is 12.0 Å². The minimum atomic E-state index is -0.748. The molecule has 1 aliphatic rings. The van der Waals surface area contributed by atoms with Gasteiger partial charge in [0, 0.05) is 43.7 Å². The number of likely N-dealkylation sites (tertiary alicyclic amines) is 1. The second-order valence-corrected chi connectivity index (χ2v) is 5.50. The molecular formula is C16H22N4O5. The van der Waals surface area contributed by atoms with Gasteiger partial charge in [0.05, 0.1) is 20.3 Å². The van der Waals surface area contributed by atoms with E-state index in [9.17, 15) is 4.79 Å². The lowest BCUT2D eigenvalue weighted by Gasteiger charge is -2.46. The molecule has 0 bridgehead atoms. The van der Waals surface area contributed by atoms with Crippen molar-refractivity contribution in [2.75, 3.05) is 28.4 Å². The van der Waals surface area contributed by atoms with Crippen LogP contribution < -0.4 is 9.47 Å².